The Morgan fingerprint density at radius 2 is 0.709 bits per heavy atom. The number of rotatable bonds is 7. The van der Waals surface area contributed by atoms with Crippen molar-refractivity contribution in [3.05, 3.63) is 188 Å². The van der Waals surface area contributed by atoms with Crippen LogP contribution in [0.3, 0.4) is 0 Å². The molecule has 0 radical (unpaired) electrons. The van der Waals surface area contributed by atoms with Gasteiger partial charge in [0.15, 0.2) is 23.3 Å². The highest BCUT2D eigenvalue weighted by molar-refractivity contribution is 7.25. The molecule has 5 nitrogen and oxygen atoms in total. The Kier molecular flexibility index (Phi) is 8.28. The molecule has 55 heavy (non-hydrogen) atoms. The normalized spacial score (nSPS) is 11.3. The molecule has 0 aliphatic carbocycles. The molecule has 0 saturated heterocycles. The number of hydrogen-bond donors (Lipinski definition) is 0. The van der Waals surface area contributed by atoms with Crippen molar-refractivity contribution in [3.8, 4) is 79.1 Å². The van der Waals surface area contributed by atoms with Crippen molar-refractivity contribution in [1.29, 1.82) is 0 Å². The van der Waals surface area contributed by atoms with Crippen LogP contribution in [-0.4, -0.2) is 24.9 Å². The van der Waals surface area contributed by atoms with E-state index in [1.807, 2.05) is 66.7 Å². The van der Waals surface area contributed by atoms with Crippen LogP contribution < -0.4 is 0 Å². The van der Waals surface area contributed by atoms with E-state index in [0.717, 1.165) is 71.8 Å². The maximum absolute atomic E-state index is 5.18. The first-order valence-electron chi connectivity index (χ1n) is 18.2. The van der Waals surface area contributed by atoms with Crippen LogP contribution in [0, 0.1) is 0 Å². The monoisotopic (exact) mass is 721 g/mol. The largest absolute Gasteiger partial charge is 0.227 e. The number of aromatic nitrogens is 5. The highest BCUT2D eigenvalue weighted by Gasteiger charge is 2.17. The summed E-state index contributed by atoms with van der Waals surface area (Å²) in [6.45, 7) is 0. The summed E-state index contributed by atoms with van der Waals surface area (Å²) in [6, 6.07) is 64.7. The summed E-state index contributed by atoms with van der Waals surface area (Å²) in [6.07, 6.45) is 0. The average Bonchev–Trinajstić information content (AvgIpc) is 3.66. The second kappa shape index (κ2) is 14.0. The lowest BCUT2D eigenvalue weighted by atomic mass is 9.97. The molecule has 3 aromatic heterocycles. The summed E-state index contributed by atoms with van der Waals surface area (Å²) < 4.78 is 1.21. The molecular weight excluding hydrogens is 691 g/mol. The molecule has 10 aromatic rings. The van der Waals surface area contributed by atoms with E-state index in [1.165, 1.54) is 10.1 Å². The lowest BCUT2D eigenvalue weighted by Gasteiger charge is -2.11. The van der Waals surface area contributed by atoms with Crippen LogP contribution in [0.25, 0.3) is 99.4 Å². The van der Waals surface area contributed by atoms with Gasteiger partial charge in [0.25, 0.3) is 0 Å². The van der Waals surface area contributed by atoms with Gasteiger partial charge in [-0.25, -0.2) is 24.9 Å². The minimum Gasteiger partial charge on any atom is -0.227 e. The zero-order valence-electron chi connectivity index (χ0n) is 29.5. The van der Waals surface area contributed by atoms with Crippen molar-refractivity contribution in [3.63, 3.8) is 0 Å². The average molecular weight is 722 g/mol. The molecule has 0 unspecified atom stereocenters. The first-order chi connectivity index (χ1) is 27.2. The molecule has 6 heteroatoms. The molecule has 258 valence electrons. The van der Waals surface area contributed by atoms with Crippen molar-refractivity contribution in [2.45, 2.75) is 0 Å². The molecule has 0 atom stereocenters. The van der Waals surface area contributed by atoms with Crippen molar-refractivity contribution in [1.82, 2.24) is 24.9 Å². The first kappa shape index (κ1) is 32.5. The van der Waals surface area contributed by atoms with Crippen LogP contribution in [0.1, 0.15) is 0 Å². The van der Waals surface area contributed by atoms with E-state index in [4.69, 9.17) is 24.9 Å². The highest BCUT2D eigenvalue weighted by Crippen LogP contribution is 2.40. The molecule has 0 bridgehead atoms. The van der Waals surface area contributed by atoms with Crippen molar-refractivity contribution < 1.29 is 0 Å². The fourth-order valence-electron chi connectivity index (χ4n) is 7.02. The van der Waals surface area contributed by atoms with E-state index in [1.54, 1.807) is 11.3 Å². The quantitative estimate of drug-likeness (QED) is 0.164. The van der Waals surface area contributed by atoms with Crippen molar-refractivity contribution >= 4 is 31.6 Å². The number of benzene rings is 7. The third-order valence-electron chi connectivity index (χ3n) is 9.78. The Balaban J connectivity index is 0.989. The predicted octanol–water partition coefficient (Wildman–Crippen LogP) is 12.7. The molecule has 0 amide bonds. The Hall–Kier alpha value is -7.15. The Morgan fingerprint density at radius 1 is 0.291 bits per heavy atom. The maximum Gasteiger partial charge on any atom is 0.164 e. The van der Waals surface area contributed by atoms with Crippen LogP contribution in [0.2, 0.25) is 0 Å². The molecule has 0 fully saturated rings. The summed E-state index contributed by atoms with van der Waals surface area (Å²) in [5.41, 5.74) is 10.3. The van der Waals surface area contributed by atoms with Gasteiger partial charge >= 0.3 is 0 Å². The second-order valence-corrected chi connectivity index (χ2v) is 14.3. The van der Waals surface area contributed by atoms with Crippen LogP contribution in [0.15, 0.2) is 188 Å². The Labute approximate surface area is 322 Å². The predicted molar refractivity (Wildman–Crippen MR) is 226 cm³/mol. The summed E-state index contributed by atoms with van der Waals surface area (Å²) in [4.78, 5) is 26.0. The summed E-state index contributed by atoms with van der Waals surface area (Å²) in [5, 5.41) is 2.30. The third kappa shape index (κ3) is 6.35. The fraction of sp³-hybridized carbons (Fsp3) is 0. The standard InChI is InChI=1S/C49H31N5S/c1-4-14-33(15-5-1)44-43-41-24-10-11-25-42(41)55-49(43)54-45(50-44)36-28-26-32(27-29-36)37-20-12-21-38(30-37)39-22-13-23-40(31-39)48-52-46(34-16-6-2-7-17-34)51-47(53-48)35-18-8-3-9-19-35/h1-31H. The summed E-state index contributed by atoms with van der Waals surface area (Å²) in [5.74, 6) is 2.64. The van der Waals surface area contributed by atoms with Gasteiger partial charge in [0.2, 0.25) is 0 Å². The highest BCUT2D eigenvalue weighted by atomic mass is 32.1. The minimum atomic E-state index is 0.632. The van der Waals surface area contributed by atoms with Crippen LogP contribution in [0.5, 0.6) is 0 Å². The molecule has 10 rings (SSSR count). The Morgan fingerprint density at radius 3 is 1.33 bits per heavy atom. The first-order valence-corrected chi connectivity index (χ1v) is 19.0. The molecular formula is C49H31N5S. The van der Waals surface area contributed by atoms with Crippen LogP contribution >= 0.6 is 11.3 Å². The molecule has 0 N–H and O–H groups in total. The molecule has 0 saturated carbocycles. The lowest BCUT2D eigenvalue weighted by molar-refractivity contribution is 1.07. The molecule has 0 aliphatic rings. The van der Waals surface area contributed by atoms with Gasteiger partial charge < -0.3 is 0 Å². The molecule has 7 aromatic carbocycles. The smallest absolute Gasteiger partial charge is 0.164 e. The van der Waals surface area contributed by atoms with E-state index >= 15 is 0 Å². The van der Waals surface area contributed by atoms with E-state index in [0.29, 0.717) is 17.5 Å². The van der Waals surface area contributed by atoms with Gasteiger partial charge in [0.05, 0.1) is 5.69 Å². The number of thiophene rings is 1. The van der Waals surface area contributed by atoms with Gasteiger partial charge in [0.1, 0.15) is 4.83 Å². The lowest BCUT2D eigenvalue weighted by Crippen LogP contribution is -2.00. The van der Waals surface area contributed by atoms with Gasteiger partial charge in [-0.1, -0.05) is 170 Å². The van der Waals surface area contributed by atoms with E-state index < -0.39 is 0 Å². The van der Waals surface area contributed by atoms with Gasteiger partial charge in [-0.15, -0.1) is 11.3 Å². The maximum atomic E-state index is 5.18. The van der Waals surface area contributed by atoms with Crippen LogP contribution in [-0.2, 0) is 0 Å². The molecule has 0 spiro atoms. The summed E-state index contributed by atoms with van der Waals surface area (Å²) >= 11 is 1.72. The van der Waals surface area contributed by atoms with E-state index in [9.17, 15) is 0 Å². The summed E-state index contributed by atoms with van der Waals surface area (Å²) in [7, 11) is 0. The van der Waals surface area contributed by atoms with E-state index in [-0.39, 0.29) is 0 Å². The number of fused-ring (bicyclic) bond motifs is 3. The molecule has 0 aliphatic heterocycles. The third-order valence-corrected chi connectivity index (χ3v) is 10.8. The van der Waals surface area contributed by atoms with E-state index in [2.05, 4.69) is 121 Å². The van der Waals surface area contributed by atoms with Crippen molar-refractivity contribution in [2.75, 3.05) is 0 Å². The SMILES string of the molecule is c1ccc(-c2nc(-c3ccccc3)nc(-c3cccc(-c4cccc(-c5ccc(-c6nc(-c7ccccc7)c7c(n6)sc6ccccc67)cc5)c4)c3)n2)cc1. The second-order valence-electron chi connectivity index (χ2n) is 13.3. The van der Waals surface area contributed by atoms with Gasteiger partial charge in [-0.2, -0.15) is 0 Å². The zero-order valence-corrected chi connectivity index (χ0v) is 30.4. The topological polar surface area (TPSA) is 64.5 Å². The van der Waals surface area contributed by atoms with Crippen LogP contribution in [0.4, 0.5) is 0 Å². The number of hydrogen-bond acceptors (Lipinski definition) is 6. The number of nitrogens with zero attached hydrogens (tertiary/aromatic N) is 5. The minimum absolute atomic E-state index is 0.632. The Bertz CT molecular complexity index is 2900. The van der Waals surface area contributed by atoms with Gasteiger partial charge in [-0.3, -0.25) is 0 Å². The zero-order chi connectivity index (χ0) is 36.6. The van der Waals surface area contributed by atoms with Gasteiger partial charge in [0, 0.05) is 43.3 Å². The molecule has 3 heterocycles. The fourth-order valence-corrected chi connectivity index (χ4v) is 8.10. The van der Waals surface area contributed by atoms with Crippen molar-refractivity contribution in [2.24, 2.45) is 0 Å². The van der Waals surface area contributed by atoms with Gasteiger partial charge in [-0.05, 0) is 40.5 Å².